The summed E-state index contributed by atoms with van der Waals surface area (Å²) in [5, 5.41) is 5.55. The monoisotopic (exact) mass is 314 g/mol. The van der Waals surface area contributed by atoms with Crippen LogP contribution in [0.1, 0.15) is 12.8 Å². The topological polar surface area (TPSA) is 85.2 Å². The predicted molar refractivity (Wildman–Crippen MR) is 84.0 cm³/mol. The summed E-state index contributed by atoms with van der Waals surface area (Å²) >= 11 is 0. The molecule has 120 valence electrons. The molecule has 0 spiro atoms. The molecule has 2 N–H and O–H groups in total. The largest absolute Gasteiger partial charge is 0.478 e. The summed E-state index contributed by atoms with van der Waals surface area (Å²) in [5.74, 6) is 0.0948. The number of carbonyl (C=O) groups excluding carboxylic acids is 2. The number of nitrogens with zero attached hydrogens (tertiary/aromatic N) is 2. The molecule has 0 fully saturated rings. The van der Waals surface area contributed by atoms with Crippen molar-refractivity contribution in [1.82, 2.24) is 14.9 Å². The van der Waals surface area contributed by atoms with E-state index in [0.717, 1.165) is 13.0 Å². The Morgan fingerprint density at radius 1 is 1.39 bits per heavy atom. The molecular weight excluding hydrogens is 296 g/mol. The first kappa shape index (κ1) is 15.1. The highest BCUT2D eigenvalue weighted by molar-refractivity contribution is 5.99. The number of rotatable bonds is 6. The molecule has 0 radical (unpaired) electrons. The highest BCUT2D eigenvalue weighted by Gasteiger charge is 2.29. The van der Waals surface area contributed by atoms with Crippen LogP contribution in [-0.2, 0) is 16.1 Å². The van der Waals surface area contributed by atoms with E-state index in [9.17, 15) is 9.59 Å². The van der Waals surface area contributed by atoms with Crippen molar-refractivity contribution in [3.63, 3.8) is 0 Å². The van der Waals surface area contributed by atoms with E-state index >= 15 is 0 Å². The molecule has 2 heterocycles. The quantitative estimate of drug-likeness (QED) is 0.784. The van der Waals surface area contributed by atoms with E-state index in [1.807, 2.05) is 22.9 Å². The number of aromatic nitrogens is 2. The van der Waals surface area contributed by atoms with Crippen LogP contribution in [0.5, 0.6) is 5.75 Å². The molecular formula is C16H18N4O3. The first-order chi connectivity index (χ1) is 11.2. The van der Waals surface area contributed by atoms with Crippen LogP contribution in [0.25, 0.3) is 0 Å². The zero-order valence-electron chi connectivity index (χ0n) is 12.6. The summed E-state index contributed by atoms with van der Waals surface area (Å²) in [6.07, 6.45) is 5.33. The van der Waals surface area contributed by atoms with Gasteiger partial charge in [0.05, 0.1) is 18.4 Å². The maximum atomic E-state index is 12.0. The van der Waals surface area contributed by atoms with E-state index in [1.54, 1.807) is 24.7 Å². The second kappa shape index (κ2) is 6.95. The van der Waals surface area contributed by atoms with Crippen LogP contribution in [0.4, 0.5) is 5.69 Å². The van der Waals surface area contributed by atoms with Crippen molar-refractivity contribution < 1.29 is 14.3 Å². The molecule has 0 aliphatic carbocycles. The average molecular weight is 314 g/mol. The number of ether oxygens (including phenoxy) is 1. The second-order valence-electron chi connectivity index (χ2n) is 5.30. The van der Waals surface area contributed by atoms with Crippen molar-refractivity contribution >= 4 is 17.5 Å². The Balaban J connectivity index is 1.44. The summed E-state index contributed by atoms with van der Waals surface area (Å²) in [6, 6.07) is 7.17. The van der Waals surface area contributed by atoms with Crippen LogP contribution >= 0.6 is 0 Å². The molecule has 0 unspecified atom stereocenters. The summed E-state index contributed by atoms with van der Waals surface area (Å²) in [6.45, 7) is 1.33. The van der Waals surface area contributed by atoms with Gasteiger partial charge in [-0.15, -0.1) is 0 Å². The van der Waals surface area contributed by atoms with Crippen LogP contribution in [0.3, 0.4) is 0 Å². The first-order valence-electron chi connectivity index (χ1n) is 7.51. The van der Waals surface area contributed by atoms with Gasteiger partial charge in [0.1, 0.15) is 5.75 Å². The zero-order valence-corrected chi connectivity index (χ0v) is 12.6. The van der Waals surface area contributed by atoms with Gasteiger partial charge in [0.2, 0.25) is 5.91 Å². The van der Waals surface area contributed by atoms with E-state index < -0.39 is 6.10 Å². The smallest absolute Gasteiger partial charge is 0.266 e. The minimum Gasteiger partial charge on any atom is -0.478 e. The molecule has 3 rings (SSSR count). The highest BCUT2D eigenvalue weighted by atomic mass is 16.5. The zero-order chi connectivity index (χ0) is 16.1. The third-order valence-electron chi connectivity index (χ3n) is 3.55. The van der Waals surface area contributed by atoms with Crippen LogP contribution < -0.4 is 15.4 Å². The molecule has 1 aliphatic rings. The third kappa shape index (κ3) is 3.88. The summed E-state index contributed by atoms with van der Waals surface area (Å²) in [5.41, 5.74) is 0.634. The summed E-state index contributed by atoms with van der Waals surface area (Å²) < 4.78 is 7.54. The maximum Gasteiger partial charge on any atom is 0.266 e. The Kier molecular flexibility index (Phi) is 4.56. The number of amides is 2. The van der Waals surface area contributed by atoms with Crippen molar-refractivity contribution in [3.8, 4) is 5.75 Å². The minimum absolute atomic E-state index is 0.00520. The minimum atomic E-state index is -0.793. The van der Waals surface area contributed by atoms with E-state index in [2.05, 4.69) is 15.6 Å². The van der Waals surface area contributed by atoms with Crippen LogP contribution in [0.2, 0.25) is 0 Å². The number of aryl methyl sites for hydroxylation is 1. The molecule has 7 nitrogen and oxygen atoms in total. The predicted octanol–water partition coefficient (Wildman–Crippen LogP) is 1.18. The fraction of sp³-hybridized carbons (Fsp3) is 0.312. The number of anilines is 1. The number of imidazole rings is 1. The van der Waals surface area contributed by atoms with Crippen LogP contribution in [-0.4, -0.2) is 34.0 Å². The molecule has 2 aromatic rings. The Morgan fingerprint density at radius 3 is 3.09 bits per heavy atom. The van der Waals surface area contributed by atoms with E-state index in [0.29, 0.717) is 18.0 Å². The molecule has 1 aliphatic heterocycles. The normalized spacial score (nSPS) is 16.2. The Morgan fingerprint density at radius 2 is 2.26 bits per heavy atom. The second-order valence-corrected chi connectivity index (χ2v) is 5.30. The lowest BCUT2D eigenvalue weighted by atomic mass is 10.1. The van der Waals surface area contributed by atoms with E-state index in [1.165, 1.54) is 0 Å². The lowest BCUT2D eigenvalue weighted by Crippen LogP contribution is -2.41. The number of nitrogens with one attached hydrogen (secondary N) is 2. The Hall–Kier alpha value is -2.83. The molecule has 1 atom stereocenters. The van der Waals surface area contributed by atoms with Gasteiger partial charge in [0.15, 0.2) is 6.10 Å². The number of para-hydroxylation sites is 2. The highest BCUT2D eigenvalue weighted by Crippen LogP contribution is 2.29. The van der Waals surface area contributed by atoms with E-state index in [-0.39, 0.29) is 18.2 Å². The molecule has 23 heavy (non-hydrogen) atoms. The van der Waals surface area contributed by atoms with Gasteiger partial charge in [-0.3, -0.25) is 9.59 Å². The number of carbonyl (C=O) groups is 2. The lowest BCUT2D eigenvalue weighted by molar-refractivity contribution is -0.130. The van der Waals surface area contributed by atoms with Gasteiger partial charge in [-0.2, -0.15) is 0 Å². The summed E-state index contributed by atoms with van der Waals surface area (Å²) in [4.78, 5) is 27.8. The van der Waals surface area contributed by atoms with Gasteiger partial charge in [-0.1, -0.05) is 12.1 Å². The number of hydrogen-bond acceptors (Lipinski definition) is 4. The maximum absolute atomic E-state index is 12.0. The number of hydrogen-bond donors (Lipinski definition) is 2. The molecule has 1 aromatic heterocycles. The number of benzene rings is 1. The van der Waals surface area contributed by atoms with Gasteiger partial charge in [0.25, 0.3) is 5.91 Å². The van der Waals surface area contributed by atoms with Crippen molar-refractivity contribution in [2.45, 2.75) is 25.5 Å². The van der Waals surface area contributed by atoms with Gasteiger partial charge in [-0.25, -0.2) is 4.98 Å². The molecule has 2 amide bonds. The van der Waals surface area contributed by atoms with Crippen LogP contribution in [0, 0.1) is 0 Å². The Labute approximate surface area is 133 Å². The fourth-order valence-electron chi connectivity index (χ4n) is 2.38. The van der Waals surface area contributed by atoms with Gasteiger partial charge >= 0.3 is 0 Å². The van der Waals surface area contributed by atoms with Gasteiger partial charge in [-0.05, 0) is 18.6 Å². The van der Waals surface area contributed by atoms with Crippen molar-refractivity contribution in [3.05, 3.63) is 43.0 Å². The Bertz CT molecular complexity index is 684. The van der Waals surface area contributed by atoms with Crippen molar-refractivity contribution in [2.24, 2.45) is 0 Å². The molecule has 0 saturated heterocycles. The average Bonchev–Trinajstić information content (AvgIpc) is 3.06. The summed E-state index contributed by atoms with van der Waals surface area (Å²) in [7, 11) is 0. The molecule has 0 bridgehead atoms. The fourth-order valence-corrected chi connectivity index (χ4v) is 2.38. The standard InChI is InChI=1S/C16H18N4O3/c21-15(18-6-3-8-20-9-7-17-11-20)10-14-16(22)19-12-4-1-2-5-13(12)23-14/h1-2,4-5,7,9,11,14H,3,6,8,10H2,(H,18,21)(H,19,22)/t14-/m1/s1. The van der Waals surface area contributed by atoms with Gasteiger partial charge < -0.3 is 19.9 Å². The van der Waals surface area contributed by atoms with Crippen LogP contribution in [0.15, 0.2) is 43.0 Å². The molecule has 1 aromatic carbocycles. The third-order valence-corrected chi connectivity index (χ3v) is 3.55. The number of fused-ring (bicyclic) bond motifs is 1. The van der Waals surface area contributed by atoms with E-state index in [4.69, 9.17) is 4.74 Å². The van der Waals surface area contributed by atoms with Crippen molar-refractivity contribution in [2.75, 3.05) is 11.9 Å². The van der Waals surface area contributed by atoms with Gasteiger partial charge in [0, 0.05) is 25.5 Å². The first-order valence-corrected chi connectivity index (χ1v) is 7.51. The van der Waals surface area contributed by atoms with Crippen molar-refractivity contribution in [1.29, 1.82) is 0 Å². The lowest BCUT2D eigenvalue weighted by Gasteiger charge is -2.25. The molecule has 7 heteroatoms. The SMILES string of the molecule is O=C(C[C@H]1Oc2ccccc2NC1=O)NCCCn1ccnc1. The molecule has 0 saturated carbocycles.